The standard InChI is InChI=1S/C13H14BrNO5/c1-2-18-11-4-8(6-16)3-10(14)12(11)19-7-9-5-15-13(17)20-9/h3-4,6,9H,2,5,7H2,1H3,(H,15,17). The number of amides is 1. The Bertz CT molecular complexity index is 520. The molecule has 1 unspecified atom stereocenters. The molecule has 7 heteroatoms. The van der Waals surface area contributed by atoms with Crippen LogP contribution in [0.15, 0.2) is 16.6 Å². The van der Waals surface area contributed by atoms with Crippen molar-refractivity contribution in [3.05, 3.63) is 22.2 Å². The smallest absolute Gasteiger partial charge is 0.407 e. The summed E-state index contributed by atoms with van der Waals surface area (Å²) in [6, 6.07) is 3.25. The average molecular weight is 344 g/mol. The topological polar surface area (TPSA) is 73.9 Å². The minimum Gasteiger partial charge on any atom is -0.490 e. The van der Waals surface area contributed by atoms with Gasteiger partial charge in [0.25, 0.3) is 0 Å². The van der Waals surface area contributed by atoms with E-state index in [1.165, 1.54) is 0 Å². The molecule has 1 aromatic rings. The molecule has 1 amide bonds. The SMILES string of the molecule is CCOc1cc(C=O)cc(Br)c1OCC1CNC(=O)O1. The molecular formula is C13H14BrNO5. The number of carbonyl (C=O) groups is 2. The molecule has 1 N–H and O–H groups in total. The van der Waals surface area contributed by atoms with Gasteiger partial charge in [-0.1, -0.05) is 0 Å². The Morgan fingerprint density at radius 1 is 1.50 bits per heavy atom. The third kappa shape index (κ3) is 3.41. The largest absolute Gasteiger partial charge is 0.490 e. The second-order valence-corrected chi connectivity index (χ2v) is 4.95. The number of benzene rings is 1. The molecule has 0 saturated carbocycles. The number of ether oxygens (including phenoxy) is 3. The highest BCUT2D eigenvalue weighted by atomic mass is 79.9. The molecule has 1 aliphatic rings. The average Bonchev–Trinajstić information content (AvgIpc) is 2.83. The second-order valence-electron chi connectivity index (χ2n) is 4.10. The summed E-state index contributed by atoms with van der Waals surface area (Å²) in [5.41, 5.74) is 0.488. The predicted molar refractivity (Wildman–Crippen MR) is 74.5 cm³/mol. The third-order valence-corrected chi connectivity index (χ3v) is 3.22. The van der Waals surface area contributed by atoms with Gasteiger partial charge in [0.15, 0.2) is 17.6 Å². The first-order valence-corrected chi connectivity index (χ1v) is 6.92. The first kappa shape index (κ1) is 14.6. The van der Waals surface area contributed by atoms with Crippen LogP contribution in [-0.2, 0) is 4.74 Å². The number of carbonyl (C=O) groups excluding carboxylic acids is 2. The van der Waals surface area contributed by atoms with Crippen molar-refractivity contribution in [2.24, 2.45) is 0 Å². The summed E-state index contributed by atoms with van der Waals surface area (Å²) >= 11 is 3.34. The zero-order valence-corrected chi connectivity index (χ0v) is 12.4. The van der Waals surface area contributed by atoms with E-state index in [1.807, 2.05) is 6.92 Å². The maximum Gasteiger partial charge on any atom is 0.407 e. The summed E-state index contributed by atoms with van der Waals surface area (Å²) in [6.07, 6.45) is -0.0478. The Morgan fingerprint density at radius 2 is 2.30 bits per heavy atom. The number of nitrogens with one attached hydrogen (secondary N) is 1. The van der Waals surface area contributed by atoms with Crippen molar-refractivity contribution >= 4 is 28.3 Å². The Labute approximate surface area is 124 Å². The molecule has 0 bridgehead atoms. The van der Waals surface area contributed by atoms with Crippen molar-refractivity contribution in [2.45, 2.75) is 13.0 Å². The van der Waals surface area contributed by atoms with E-state index in [9.17, 15) is 9.59 Å². The van der Waals surface area contributed by atoms with Gasteiger partial charge in [0, 0.05) is 5.56 Å². The predicted octanol–water partition coefficient (Wildman–Crippen LogP) is 2.15. The number of hydrogen-bond donors (Lipinski definition) is 1. The minimum atomic E-state index is -0.445. The lowest BCUT2D eigenvalue weighted by atomic mass is 10.2. The van der Waals surface area contributed by atoms with Gasteiger partial charge < -0.3 is 19.5 Å². The number of aldehydes is 1. The molecule has 108 valence electrons. The van der Waals surface area contributed by atoms with E-state index in [-0.39, 0.29) is 12.7 Å². The highest BCUT2D eigenvalue weighted by Crippen LogP contribution is 2.36. The van der Waals surface area contributed by atoms with Crippen molar-refractivity contribution in [2.75, 3.05) is 19.8 Å². The van der Waals surface area contributed by atoms with Gasteiger partial charge in [-0.15, -0.1) is 0 Å². The van der Waals surface area contributed by atoms with Crippen LogP contribution in [0.25, 0.3) is 0 Å². The number of halogens is 1. The van der Waals surface area contributed by atoms with Gasteiger partial charge >= 0.3 is 6.09 Å². The van der Waals surface area contributed by atoms with E-state index < -0.39 is 6.09 Å². The molecule has 1 saturated heterocycles. The zero-order chi connectivity index (χ0) is 14.5. The fraction of sp³-hybridized carbons (Fsp3) is 0.385. The summed E-state index contributed by atoms with van der Waals surface area (Å²) in [5, 5.41) is 2.55. The van der Waals surface area contributed by atoms with Gasteiger partial charge in [0.1, 0.15) is 12.9 Å². The minimum absolute atomic E-state index is 0.206. The second kappa shape index (κ2) is 6.60. The highest BCUT2D eigenvalue weighted by Gasteiger charge is 2.24. The first-order chi connectivity index (χ1) is 9.63. The lowest BCUT2D eigenvalue weighted by Crippen LogP contribution is -2.22. The molecular weight excluding hydrogens is 330 g/mol. The number of alkyl carbamates (subject to hydrolysis) is 1. The molecule has 0 radical (unpaired) electrons. The van der Waals surface area contributed by atoms with Crippen LogP contribution >= 0.6 is 15.9 Å². The maximum atomic E-state index is 10.9. The van der Waals surface area contributed by atoms with Crippen molar-refractivity contribution < 1.29 is 23.8 Å². The molecule has 1 heterocycles. The van der Waals surface area contributed by atoms with Crippen LogP contribution in [0.3, 0.4) is 0 Å². The summed E-state index contributed by atoms with van der Waals surface area (Å²) in [4.78, 5) is 21.8. The van der Waals surface area contributed by atoms with Gasteiger partial charge in [-0.2, -0.15) is 0 Å². The third-order valence-electron chi connectivity index (χ3n) is 2.63. The molecule has 0 spiro atoms. The first-order valence-electron chi connectivity index (χ1n) is 6.12. The summed E-state index contributed by atoms with van der Waals surface area (Å²) < 4.78 is 16.7. The van der Waals surface area contributed by atoms with Crippen LogP contribution < -0.4 is 14.8 Å². The van der Waals surface area contributed by atoms with Gasteiger partial charge in [-0.05, 0) is 35.0 Å². The molecule has 0 aliphatic carbocycles. The molecule has 0 aromatic heterocycles. The van der Waals surface area contributed by atoms with E-state index >= 15 is 0 Å². The van der Waals surface area contributed by atoms with Crippen LogP contribution in [0.2, 0.25) is 0 Å². The lowest BCUT2D eigenvalue weighted by Gasteiger charge is -2.16. The molecule has 1 atom stereocenters. The zero-order valence-electron chi connectivity index (χ0n) is 10.8. The summed E-state index contributed by atoms with van der Waals surface area (Å²) in [5.74, 6) is 0.960. The van der Waals surface area contributed by atoms with E-state index in [0.717, 1.165) is 6.29 Å². The summed E-state index contributed by atoms with van der Waals surface area (Å²) in [7, 11) is 0. The van der Waals surface area contributed by atoms with E-state index in [2.05, 4.69) is 21.2 Å². The number of hydrogen-bond acceptors (Lipinski definition) is 5. The summed E-state index contributed by atoms with van der Waals surface area (Å²) in [6.45, 7) is 2.91. The van der Waals surface area contributed by atoms with Crippen LogP contribution in [0.1, 0.15) is 17.3 Å². The normalized spacial score (nSPS) is 17.3. The van der Waals surface area contributed by atoms with Gasteiger partial charge in [-0.3, -0.25) is 4.79 Å². The lowest BCUT2D eigenvalue weighted by molar-refractivity contribution is 0.103. The molecule has 6 nitrogen and oxygen atoms in total. The Morgan fingerprint density at radius 3 is 2.90 bits per heavy atom. The molecule has 1 aliphatic heterocycles. The Kier molecular flexibility index (Phi) is 4.84. The fourth-order valence-electron chi connectivity index (χ4n) is 1.76. The number of cyclic esters (lactones) is 1. The van der Waals surface area contributed by atoms with Crippen molar-refractivity contribution in [1.29, 1.82) is 0 Å². The van der Waals surface area contributed by atoms with Gasteiger partial charge in [-0.25, -0.2) is 4.79 Å². The monoisotopic (exact) mass is 343 g/mol. The van der Waals surface area contributed by atoms with E-state index in [1.54, 1.807) is 12.1 Å². The molecule has 2 rings (SSSR count). The quantitative estimate of drug-likeness (QED) is 0.801. The molecule has 1 fully saturated rings. The maximum absolute atomic E-state index is 10.9. The molecule has 1 aromatic carbocycles. The fourth-order valence-corrected chi connectivity index (χ4v) is 2.33. The van der Waals surface area contributed by atoms with Crippen molar-refractivity contribution in [1.82, 2.24) is 5.32 Å². The number of rotatable bonds is 6. The van der Waals surface area contributed by atoms with E-state index in [0.29, 0.717) is 34.7 Å². The van der Waals surface area contributed by atoms with Gasteiger partial charge in [0.05, 0.1) is 17.6 Å². The van der Waals surface area contributed by atoms with Crippen molar-refractivity contribution in [3.8, 4) is 11.5 Å². The van der Waals surface area contributed by atoms with Crippen LogP contribution in [0.5, 0.6) is 11.5 Å². The van der Waals surface area contributed by atoms with Crippen molar-refractivity contribution in [3.63, 3.8) is 0 Å². The Balaban J connectivity index is 2.12. The van der Waals surface area contributed by atoms with Crippen LogP contribution in [-0.4, -0.2) is 38.2 Å². The van der Waals surface area contributed by atoms with Crippen LogP contribution in [0, 0.1) is 0 Å². The Hall–Kier alpha value is -1.76. The van der Waals surface area contributed by atoms with Crippen LogP contribution in [0.4, 0.5) is 4.79 Å². The van der Waals surface area contributed by atoms with Gasteiger partial charge in [0.2, 0.25) is 0 Å². The highest BCUT2D eigenvalue weighted by molar-refractivity contribution is 9.10. The molecule has 20 heavy (non-hydrogen) atoms. The van der Waals surface area contributed by atoms with E-state index in [4.69, 9.17) is 14.2 Å².